The molecule has 2 heterocycles. The zero-order valence-corrected chi connectivity index (χ0v) is 9.38. The molecule has 0 aromatic heterocycles. The van der Waals surface area contributed by atoms with E-state index >= 15 is 0 Å². The molecule has 82 valence electrons. The molecule has 0 saturated carbocycles. The topological polar surface area (TPSA) is 24.5 Å². The zero-order chi connectivity index (χ0) is 10.0. The van der Waals surface area contributed by atoms with Gasteiger partial charge in [0.25, 0.3) is 0 Å². The van der Waals surface area contributed by atoms with Crippen LogP contribution >= 0.6 is 0 Å². The molecule has 2 atom stereocenters. The van der Waals surface area contributed by atoms with Gasteiger partial charge in [0.15, 0.2) is 0 Å². The van der Waals surface area contributed by atoms with Gasteiger partial charge in [0, 0.05) is 13.1 Å². The maximum Gasteiger partial charge on any atom is 0.116 e. The summed E-state index contributed by atoms with van der Waals surface area (Å²) in [7, 11) is 2.22. The quantitative estimate of drug-likeness (QED) is 0.718. The minimum absolute atomic E-state index is 0.0388. The van der Waals surface area contributed by atoms with Gasteiger partial charge in [-0.05, 0) is 45.7 Å². The molecular formula is C11H22N2O. The molecule has 3 nitrogen and oxygen atoms in total. The fourth-order valence-corrected chi connectivity index (χ4v) is 2.76. The highest BCUT2D eigenvalue weighted by Crippen LogP contribution is 2.27. The van der Waals surface area contributed by atoms with Crippen LogP contribution in [0.5, 0.6) is 0 Å². The fourth-order valence-electron chi connectivity index (χ4n) is 2.76. The Morgan fingerprint density at radius 3 is 3.07 bits per heavy atom. The van der Waals surface area contributed by atoms with Crippen molar-refractivity contribution in [3.05, 3.63) is 0 Å². The monoisotopic (exact) mass is 198 g/mol. The molecule has 0 radical (unpaired) electrons. The summed E-state index contributed by atoms with van der Waals surface area (Å²) in [6.45, 7) is 6.58. The van der Waals surface area contributed by atoms with Gasteiger partial charge in [0.1, 0.15) is 5.72 Å². The first-order chi connectivity index (χ1) is 6.68. The van der Waals surface area contributed by atoms with Crippen molar-refractivity contribution in [1.29, 1.82) is 0 Å². The average Bonchev–Trinajstić information content (AvgIpc) is 2.51. The molecule has 2 saturated heterocycles. The molecule has 2 fully saturated rings. The van der Waals surface area contributed by atoms with E-state index in [9.17, 15) is 0 Å². The Balaban J connectivity index is 1.83. The van der Waals surface area contributed by atoms with Crippen LogP contribution in [0.25, 0.3) is 0 Å². The highest BCUT2D eigenvalue weighted by atomic mass is 16.5. The van der Waals surface area contributed by atoms with E-state index in [1.165, 1.54) is 25.9 Å². The number of nitrogens with zero attached hydrogens (tertiary/aromatic N) is 1. The van der Waals surface area contributed by atoms with Crippen molar-refractivity contribution >= 4 is 0 Å². The van der Waals surface area contributed by atoms with Crippen LogP contribution in [0.2, 0.25) is 0 Å². The maximum atomic E-state index is 5.75. The summed E-state index contributed by atoms with van der Waals surface area (Å²) in [5.74, 6) is 0.810. The van der Waals surface area contributed by atoms with Crippen LogP contribution in [0.4, 0.5) is 0 Å². The van der Waals surface area contributed by atoms with Gasteiger partial charge in [-0.2, -0.15) is 0 Å². The number of rotatable bonds is 2. The lowest BCUT2D eigenvalue weighted by Crippen LogP contribution is -2.43. The summed E-state index contributed by atoms with van der Waals surface area (Å²) < 4.78 is 5.75. The number of hydrogen-bond donors (Lipinski definition) is 1. The summed E-state index contributed by atoms with van der Waals surface area (Å²) in [6, 6.07) is 0. The van der Waals surface area contributed by atoms with Crippen LogP contribution in [0, 0.1) is 5.92 Å². The predicted octanol–water partition coefficient (Wildman–Crippen LogP) is 1.05. The molecule has 3 heteroatoms. The Morgan fingerprint density at radius 1 is 1.57 bits per heavy atom. The minimum Gasteiger partial charge on any atom is -0.360 e. The van der Waals surface area contributed by atoms with E-state index in [0.717, 1.165) is 25.5 Å². The molecule has 0 aromatic carbocycles. The Morgan fingerprint density at radius 2 is 2.43 bits per heavy atom. The Hall–Kier alpha value is -0.120. The number of piperidine rings is 1. The van der Waals surface area contributed by atoms with Crippen molar-refractivity contribution in [1.82, 2.24) is 10.2 Å². The summed E-state index contributed by atoms with van der Waals surface area (Å²) in [4.78, 5) is 2.44. The molecule has 0 bridgehead atoms. The lowest BCUT2D eigenvalue weighted by atomic mass is 9.90. The van der Waals surface area contributed by atoms with Crippen molar-refractivity contribution in [2.75, 3.05) is 33.3 Å². The molecule has 2 unspecified atom stereocenters. The number of ether oxygens (including phenoxy) is 1. The van der Waals surface area contributed by atoms with Gasteiger partial charge >= 0.3 is 0 Å². The second-order valence-electron chi connectivity index (χ2n) is 4.98. The van der Waals surface area contributed by atoms with Gasteiger partial charge in [0.2, 0.25) is 0 Å². The summed E-state index contributed by atoms with van der Waals surface area (Å²) in [5, 5.41) is 3.45. The fraction of sp³-hybridized carbons (Fsp3) is 1.00. The summed E-state index contributed by atoms with van der Waals surface area (Å²) in [6.07, 6.45) is 3.87. The lowest BCUT2D eigenvalue weighted by molar-refractivity contribution is -0.0211. The van der Waals surface area contributed by atoms with E-state index < -0.39 is 0 Å². The summed E-state index contributed by atoms with van der Waals surface area (Å²) >= 11 is 0. The van der Waals surface area contributed by atoms with Crippen LogP contribution < -0.4 is 5.32 Å². The lowest BCUT2D eigenvalue weighted by Gasteiger charge is -2.34. The third-order valence-corrected chi connectivity index (χ3v) is 3.42. The largest absolute Gasteiger partial charge is 0.360 e. The Bertz CT molecular complexity index is 190. The molecule has 0 aromatic rings. The molecule has 0 spiro atoms. The number of likely N-dealkylation sites (tertiary alicyclic amines) is 1. The molecule has 0 aliphatic carbocycles. The third kappa shape index (κ3) is 2.47. The van der Waals surface area contributed by atoms with Gasteiger partial charge in [-0.25, -0.2) is 0 Å². The van der Waals surface area contributed by atoms with Crippen LogP contribution in [-0.4, -0.2) is 43.9 Å². The molecule has 1 N–H and O–H groups in total. The molecule has 2 rings (SSSR count). The van der Waals surface area contributed by atoms with Gasteiger partial charge in [-0.15, -0.1) is 0 Å². The highest BCUT2D eigenvalue weighted by molar-refractivity contribution is 4.83. The number of hydrogen-bond acceptors (Lipinski definition) is 3. The van der Waals surface area contributed by atoms with E-state index in [0.29, 0.717) is 0 Å². The van der Waals surface area contributed by atoms with Gasteiger partial charge in [-0.3, -0.25) is 5.32 Å². The third-order valence-electron chi connectivity index (χ3n) is 3.42. The average molecular weight is 198 g/mol. The van der Waals surface area contributed by atoms with Gasteiger partial charge in [0.05, 0.1) is 6.61 Å². The predicted molar refractivity (Wildman–Crippen MR) is 57.2 cm³/mol. The van der Waals surface area contributed by atoms with Crippen LogP contribution in [0.15, 0.2) is 0 Å². The van der Waals surface area contributed by atoms with E-state index in [1.807, 2.05) is 0 Å². The van der Waals surface area contributed by atoms with Crippen molar-refractivity contribution in [3.63, 3.8) is 0 Å². The second-order valence-corrected chi connectivity index (χ2v) is 4.98. The van der Waals surface area contributed by atoms with E-state index in [1.54, 1.807) is 0 Å². The molecule has 2 aliphatic rings. The van der Waals surface area contributed by atoms with Gasteiger partial charge in [-0.1, -0.05) is 0 Å². The van der Waals surface area contributed by atoms with Crippen molar-refractivity contribution in [2.24, 2.45) is 5.92 Å². The van der Waals surface area contributed by atoms with Crippen LogP contribution in [0.3, 0.4) is 0 Å². The second kappa shape index (κ2) is 4.17. The first-order valence-corrected chi connectivity index (χ1v) is 5.75. The van der Waals surface area contributed by atoms with Crippen LogP contribution in [-0.2, 0) is 4.74 Å². The smallest absolute Gasteiger partial charge is 0.116 e. The van der Waals surface area contributed by atoms with Crippen molar-refractivity contribution in [2.45, 2.75) is 31.9 Å². The van der Waals surface area contributed by atoms with E-state index in [2.05, 4.69) is 24.2 Å². The standard InChI is InChI=1S/C11H22N2O/c1-11(12-5-7-14-11)8-10-4-3-6-13(2)9-10/h10,12H,3-9H2,1-2H3. The van der Waals surface area contributed by atoms with Crippen LogP contribution in [0.1, 0.15) is 26.2 Å². The molecule has 2 aliphatic heterocycles. The highest BCUT2D eigenvalue weighted by Gasteiger charge is 2.33. The van der Waals surface area contributed by atoms with E-state index in [-0.39, 0.29) is 5.72 Å². The first kappa shape index (κ1) is 10.4. The first-order valence-electron chi connectivity index (χ1n) is 5.75. The van der Waals surface area contributed by atoms with Crippen molar-refractivity contribution < 1.29 is 4.74 Å². The SMILES string of the molecule is CN1CCCC(CC2(C)NCCO2)C1. The summed E-state index contributed by atoms with van der Waals surface area (Å²) in [5.41, 5.74) is -0.0388. The van der Waals surface area contributed by atoms with Gasteiger partial charge < -0.3 is 9.64 Å². The van der Waals surface area contributed by atoms with E-state index in [4.69, 9.17) is 4.74 Å². The maximum absolute atomic E-state index is 5.75. The molecule has 14 heavy (non-hydrogen) atoms. The zero-order valence-electron chi connectivity index (χ0n) is 9.38. The Kier molecular flexibility index (Phi) is 3.10. The number of nitrogens with one attached hydrogen (secondary N) is 1. The molecule has 0 amide bonds. The Labute approximate surface area is 86.8 Å². The van der Waals surface area contributed by atoms with Crippen molar-refractivity contribution in [3.8, 4) is 0 Å². The molecular weight excluding hydrogens is 176 g/mol. The minimum atomic E-state index is -0.0388. The normalized spacial score (nSPS) is 40.3.